The number of guanidine groups is 1. The van der Waals surface area contributed by atoms with Gasteiger partial charge in [0, 0.05) is 16.1 Å². The van der Waals surface area contributed by atoms with Crippen LogP contribution in [0.15, 0.2) is 51.9 Å². The number of benzene rings is 2. The van der Waals surface area contributed by atoms with E-state index in [1.54, 1.807) is 24.3 Å². The second kappa shape index (κ2) is 9.59. The molecule has 4 N–H and O–H groups in total. The molecule has 0 aromatic heterocycles. The van der Waals surface area contributed by atoms with E-state index in [4.69, 9.17) is 11.5 Å². The highest BCUT2D eigenvalue weighted by Crippen LogP contribution is 2.37. The molecule has 0 spiro atoms. The summed E-state index contributed by atoms with van der Waals surface area (Å²) in [5, 5.41) is 0. The van der Waals surface area contributed by atoms with Crippen LogP contribution in [0.4, 0.5) is 10.1 Å². The van der Waals surface area contributed by atoms with Crippen LogP contribution in [-0.4, -0.2) is 30.5 Å². The first-order chi connectivity index (χ1) is 12.4. The molecule has 0 fully saturated rings. The number of nitrogens with zero attached hydrogens (tertiary/aromatic N) is 1. The summed E-state index contributed by atoms with van der Waals surface area (Å²) in [4.78, 5) is 15.6. The number of thioether (sulfide) groups is 1. The van der Waals surface area contributed by atoms with E-state index < -0.39 is 0 Å². The molecule has 138 valence electrons. The Morgan fingerprint density at radius 1 is 1.27 bits per heavy atom. The zero-order chi connectivity index (χ0) is 19.1. The van der Waals surface area contributed by atoms with E-state index in [-0.39, 0.29) is 29.4 Å². The summed E-state index contributed by atoms with van der Waals surface area (Å²) in [6.07, 6.45) is 0. The Morgan fingerprint density at radius 2 is 2.00 bits per heavy atom. The Balaban J connectivity index is 2.47. The van der Waals surface area contributed by atoms with Crippen LogP contribution < -0.4 is 11.5 Å². The Bertz CT molecular complexity index is 813. The largest absolute Gasteiger partial charge is 0.468 e. The van der Waals surface area contributed by atoms with Gasteiger partial charge in [0.1, 0.15) is 5.82 Å². The van der Waals surface area contributed by atoms with Gasteiger partial charge in [0.05, 0.1) is 18.6 Å². The highest BCUT2D eigenvalue weighted by Gasteiger charge is 2.22. The zero-order valence-electron chi connectivity index (χ0n) is 14.1. The molecular formula is C18H19BrFN3O2S. The fourth-order valence-electron chi connectivity index (χ4n) is 2.47. The minimum absolute atomic E-state index is 0.0805. The molecule has 0 radical (unpaired) electrons. The summed E-state index contributed by atoms with van der Waals surface area (Å²) < 4.78 is 20.0. The van der Waals surface area contributed by atoms with Gasteiger partial charge < -0.3 is 16.2 Å². The van der Waals surface area contributed by atoms with Crippen LogP contribution in [-0.2, 0) is 9.53 Å². The Morgan fingerprint density at radius 3 is 2.65 bits per heavy atom. The van der Waals surface area contributed by atoms with Crippen molar-refractivity contribution in [3.05, 3.63) is 63.9 Å². The van der Waals surface area contributed by atoms with Gasteiger partial charge in [-0.1, -0.05) is 34.1 Å². The van der Waals surface area contributed by atoms with Gasteiger partial charge >= 0.3 is 5.97 Å². The van der Waals surface area contributed by atoms with Crippen LogP contribution >= 0.6 is 27.7 Å². The van der Waals surface area contributed by atoms with Crippen LogP contribution in [0.25, 0.3) is 0 Å². The molecule has 0 amide bonds. The molecule has 2 aromatic rings. The first kappa shape index (κ1) is 20.3. The van der Waals surface area contributed by atoms with E-state index in [2.05, 4.69) is 25.7 Å². The maximum atomic E-state index is 14.5. The van der Waals surface area contributed by atoms with Crippen LogP contribution in [0.2, 0.25) is 0 Å². The smallest absolute Gasteiger partial charge is 0.315 e. The average molecular weight is 440 g/mol. The molecule has 0 bridgehead atoms. The molecule has 5 nitrogen and oxygen atoms in total. The zero-order valence-corrected chi connectivity index (χ0v) is 16.5. The number of ether oxygens (including phenoxy) is 1. The molecule has 0 aliphatic rings. The third-order valence-corrected chi connectivity index (χ3v) is 5.13. The molecule has 2 rings (SSSR count). The number of hydrogen-bond donors (Lipinski definition) is 2. The molecule has 0 aliphatic carbocycles. The number of rotatable bonds is 7. The minimum atomic E-state index is -0.346. The van der Waals surface area contributed by atoms with Gasteiger partial charge in [0.2, 0.25) is 0 Å². The Kier molecular flexibility index (Phi) is 7.47. The van der Waals surface area contributed by atoms with E-state index in [9.17, 15) is 9.18 Å². The topological polar surface area (TPSA) is 90.7 Å². The van der Waals surface area contributed by atoms with Gasteiger partial charge in [-0.2, -0.15) is 0 Å². The van der Waals surface area contributed by atoms with E-state index >= 15 is 0 Å². The lowest BCUT2D eigenvalue weighted by Gasteiger charge is -2.20. The summed E-state index contributed by atoms with van der Waals surface area (Å²) >= 11 is 4.80. The fourth-order valence-corrected chi connectivity index (χ4v) is 3.85. The van der Waals surface area contributed by atoms with Gasteiger partial charge in [-0.15, -0.1) is 11.8 Å². The first-order valence-corrected chi connectivity index (χ1v) is 9.65. The number of halogens is 2. The summed E-state index contributed by atoms with van der Waals surface area (Å²) in [6.45, 7) is 0. The average Bonchev–Trinajstić information content (AvgIpc) is 2.61. The molecule has 0 saturated carbocycles. The van der Waals surface area contributed by atoms with Gasteiger partial charge in [0.15, 0.2) is 5.96 Å². The maximum Gasteiger partial charge on any atom is 0.315 e. The van der Waals surface area contributed by atoms with Crippen molar-refractivity contribution >= 4 is 45.3 Å². The highest BCUT2D eigenvalue weighted by molar-refractivity contribution is 9.10. The van der Waals surface area contributed by atoms with Crippen molar-refractivity contribution in [2.24, 2.45) is 16.5 Å². The van der Waals surface area contributed by atoms with E-state index in [0.29, 0.717) is 17.0 Å². The second-order valence-electron chi connectivity index (χ2n) is 5.41. The molecule has 1 atom stereocenters. The van der Waals surface area contributed by atoms with E-state index in [0.717, 1.165) is 10.0 Å². The number of nitrogens with two attached hydrogens (primary N) is 2. The van der Waals surface area contributed by atoms with Gasteiger partial charge in [-0.25, -0.2) is 9.38 Å². The summed E-state index contributed by atoms with van der Waals surface area (Å²) in [5.74, 6) is -0.454. The normalized spacial score (nSPS) is 11.7. The third kappa shape index (κ3) is 5.47. The highest BCUT2D eigenvalue weighted by atomic mass is 79.9. The van der Waals surface area contributed by atoms with Crippen molar-refractivity contribution in [2.75, 3.05) is 18.6 Å². The van der Waals surface area contributed by atoms with Crippen LogP contribution in [0, 0.1) is 5.82 Å². The molecule has 26 heavy (non-hydrogen) atoms. The predicted octanol–water partition coefficient (Wildman–Crippen LogP) is 3.53. The molecule has 8 heteroatoms. The summed E-state index contributed by atoms with van der Waals surface area (Å²) in [7, 11) is 1.34. The minimum Gasteiger partial charge on any atom is -0.468 e. The molecule has 1 unspecified atom stereocenters. The second-order valence-corrected chi connectivity index (χ2v) is 7.35. The van der Waals surface area contributed by atoms with E-state index in [1.807, 2.05) is 12.1 Å². The standard InChI is InChI=1S/C18H19BrFN3O2S/c1-25-17(24)10-26-9-14(12-4-2-3-5-15(12)20)13-8-11(19)6-7-16(13)23-18(21)22/h2-8,14H,9-10H2,1H3,(H4,21,22,23). The van der Waals surface area contributed by atoms with Crippen molar-refractivity contribution in [1.29, 1.82) is 0 Å². The van der Waals surface area contributed by atoms with Gasteiger partial charge in [-0.05, 0) is 35.4 Å². The molecule has 0 aliphatic heterocycles. The number of esters is 1. The summed E-state index contributed by atoms with van der Waals surface area (Å²) in [6, 6.07) is 12.0. The molecule has 2 aromatic carbocycles. The number of methoxy groups -OCH3 is 1. The lowest BCUT2D eigenvalue weighted by molar-refractivity contribution is -0.137. The van der Waals surface area contributed by atoms with Crippen molar-refractivity contribution < 1.29 is 13.9 Å². The number of carbonyl (C=O) groups is 1. The van der Waals surface area contributed by atoms with E-state index in [1.165, 1.54) is 24.9 Å². The first-order valence-electron chi connectivity index (χ1n) is 7.70. The van der Waals surface area contributed by atoms with Gasteiger partial charge in [0.25, 0.3) is 0 Å². The van der Waals surface area contributed by atoms with Gasteiger partial charge in [-0.3, -0.25) is 4.79 Å². The molecule has 0 saturated heterocycles. The lowest BCUT2D eigenvalue weighted by atomic mass is 9.91. The number of hydrogen-bond acceptors (Lipinski definition) is 4. The monoisotopic (exact) mass is 439 g/mol. The Hall–Kier alpha value is -2.06. The van der Waals surface area contributed by atoms with Crippen LogP contribution in [0.1, 0.15) is 17.0 Å². The van der Waals surface area contributed by atoms with Crippen molar-refractivity contribution in [2.45, 2.75) is 5.92 Å². The lowest BCUT2D eigenvalue weighted by Crippen LogP contribution is -2.22. The van der Waals surface area contributed by atoms with Crippen LogP contribution in [0.3, 0.4) is 0 Å². The quantitative estimate of drug-likeness (QED) is 0.391. The number of aliphatic imine (C=N–C) groups is 1. The fraction of sp³-hybridized carbons (Fsp3) is 0.222. The third-order valence-electron chi connectivity index (χ3n) is 3.63. The predicted molar refractivity (Wildman–Crippen MR) is 107 cm³/mol. The van der Waals surface area contributed by atoms with Crippen molar-refractivity contribution in [3.8, 4) is 0 Å². The SMILES string of the molecule is COC(=O)CSCC(c1ccccc1F)c1cc(Br)ccc1N=C(N)N. The molecular weight excluding hydrogens is 421 g/mol. The Labute approximate surface area is 164 Å². The van der Waals surface area contributed by atoms with Crippen molar-refractivity contribution in [3.63, 3.8) is 0 Å². The van der Waals surface area contributed by atoms with Crippen molar-refractivity contribution in [1.82, 2.24) is 0 Å². The summed E-state index contributed by atoms with van der Waals surface area (Å²) in [5.41, 5.74) is 12.9. The number of carbonyl (C=O) groups excluding carboxylic acids is 1. The molecule has 0 heterocycles. The maximum absolute atomic E-state index is 14.5. The van der Waals surface area contributed by atoms with Crippen LogP contribution in [0.5, 0.6) is 0 Å².